The second kappa shape index (κ2) is 7.05. The Labute approximate surface area is 137 Å². The molecule has 0 spiro atoms. The molecule has 2 rings (SSSR count). The zero-order valence-electron chi connectivity index (χ0n) is 13.1. The van der Waals surface area contributed by atoms with Crippen molar-refractivity contribution in [1.29, 1.82) is 0 Å². The Hall–Kier alpha value is -3.00. The Morgan fingerprint density at radius 1 is 1.29 bits per heavy atom. The fraction of sp³-hybridized carbons (Fsp3) is 0.188. The lowest BCUT2D eigenvalue weighted by Gasteiger charge is -2.16. The van der Waals surface area contributed by atoms with Crippen molar-refractivity contribution in [3.8, 4) is 11.1 Å². The fourth-order valence-corrected chi connectivity index (χ4v) is 2.37. The van der Waals surface area contributed by atoms with E-state index < -0.39 is 16.8 Å². The molecule has 0 aromatic heterocycles. The first-order chi connectivity index (χ1) is 11.3. The molecule has 0 unspecified atom stereocenters. The van der Waals surface area contributed by atoms with Gasteiger partial charge in [-0.05, 0) is 49.0 Å². The van der Waals surface area contributed by atoms with Crippen LogP contribution in [0, 0.1) is 15.9 Å². The van der Waals surface area contributed by atoms with Gasteiger partial charge in [-0.3, -0.25) is 15.4 Å². The maximum Gasteiger partial charge on any atom is 0.409 e. The number of hydrogen-bond donors (Lipinski definition) is 2. The van der Waals surface area contributed by atoms with Crippen molar-refractivity contribution >= 4 is 17.5 Å². The summed E-state index contributed by atoms with van der Waals surface area (Å²) in [5.41, 5.74) is 1.37. The van der Waals surface area contributed by atoms with Crippen molar-refractivity contribution in [2.75, 3.05) is 19.4 Å². The molecule has 0 saturated heterocycles. The minimum absolute atomic E-state index is 0.102. The highest BCUT2D eigenvalue weighted by Crippen LogP contribution is 2.35. The molecule has 0 aliphatic carbocycles. The maximum absolute atomic E-state index is 13.1. The molecule has 0 saturated carbocycles. The number of nitro benzene ring substituents is 1. The SMILES string of the molecule is CN(C)Cc1cc(NC(=O)O)c([N+](=O)[O-])cc1-c1ccc(F)cc1. The van der Waals surface area contributed by atoms with Gasteiger partial charge in [0.2, 0.25) is 0 Å². The van der Waals surface area contributed by atoms with E-state index in [0.717, 1.165) is 0 Å². The van der Waals surface area contributed by atoms with E-state index in [4.69, 9.17) is 5.11 Å². The molecule has 0 radical (unpaired) electrons. The van der Waals surface area contributed by atoms with Crippen molar-refractivity contribution in [2.24, 2.45) is 0 Å². The van der Waals surface area contributed by atoms with Gasteiger partial charge < -0.3 is 10.0 Å². The number of hydrogen-bond acceptors (Lipinski definition) is 4. The third kappa shape index (κ3) is 4.05. The number of nitrogens with one attached hydrogen (secondary N) is 1. The first kappa shape index (κ1) is 17.4. The monoisotopic (exact) mass is 333 g/mol. The predicted octanol–water partition coefficient (Wildman–Crippen LogP) is 3.55. The van der Waals surface area contributed by atoms with Crippen molar-refractivity contribution in [3.63, 3.8) is 0 Å². The number of benzene rings is 2. The number of carbonyl (C=O) groups is 1. The van der Waals surface area contributed by atoms with Crippen molar-refractivity contribution < 1.29 is 19.2 Å². The number of carboxylic acid groups (broad SMARTS) is 1. The molecule has 7 nitrogen and oxygen atoms in total. The van der Waals surface area contributed by atoms with Crippen molar-refractivity contribution in [1.82, 2.24) is 4.90 Å². The van der Waals surface area contributed by atoms with E-state index in [1.807, 2.05) is 19.0 Å². The molecule has 0 fully saturated rings. The Kier molecular flexibility index (Phi) is 5.10. The normalized spacial score (nSPS) is 10.7. The molecule has 1 amide bonds. The third-order valence-electron chi connectivity index (χ3n) is 3.30. The number of anilines is 1. The smallest absolute Gasteiger partial charge is 0.409 e. The highest BCUT2D eigenvalue weighted by atomic mass is 19.1. The minimum Gasteiger partial charge on any atom is -0.465 e. The first-order valence-electron chi connectivity index (χ1n) is 7.00. The van der Waals surface area contributed by atoms with Crippen LogP contribution in [-0.2, 0) is 6.54 Å². The Morgan fingerprint density at radius 3 is 2.42 bits per heavy atom. The largest absolute Gasteiger partial charge is 0.465 e. The van der Waals surface area contributed by atoms with Crippen LogP contribution < -0.4 is 5.32 Å². The van der Waals surface area contributed by atoms with E-state index in [0.29, 0.717) is 23.2 Å². The molecule has 0 aliphatic heterocycles. The average molecular weight is 333 g/mol. The summed E-state index contributed by atoms with van der Waals surface area (Å²) in [5, 5.41) is 22.2. The Morgan fingerprint density at radius 2 is 1.92 bits per heavy atom. The standard InChI is InChI=1S/C16H16FN3O4/c1-19(2)9-11-7-14(18-16(21)22)15(20(23)24)8-13(11)10-3-5-12(17)6-4-10/h3-8,18H,9H2,1-2H3,(H,21,22). The number of rotatable bonds is 5. The average Bonchev–Trinajstić information content (AvgIpc) is 2.47. The van der Waals surface area contributed by atoms with Gasteiger partial charge in [0.1, 0.15) is 11.5 Å². The van der Waals surface area contributed by atoms with Crippen LogP contribution in [0.15, 0.2) is 36.4 Å². The number of amides is 1. The summed E-state index contributed by atoms with van der Waals surface area (Å²) in [6.45, 7) is 0.430. The second-order valence-corrected chi connectivity index (χ2v) is 5.46. The topological polar surface area (TPSA) is 95.7 Å². The zero-order valence-corrected chi connectivity index (χ0v) is 13.1. The molecular formula is C16H16FN3O4. The van der Waals surface area contributed by atoms with Crippen LogP contribution in [0.3, 0.4) is 0 Å². The van der Waals surface area contributed by atoms with Gasteiger partial charge in [0, 0.05) is 12.6 Å². The molecular weight excluding hydrogens is 317 g/mol. The molecule has 126 valence electrons. The molecule has 0 atom stereocenters. The fourth-order valence-electron chi connectivity index (χ4n) is 2.37. The lowest BCUT2D eigenvalue weighted by Crippen LogP contribution is -2.14. The third-order valence-corrected chi connectivity index (χ3v) is 3.30. The molecule has 24 heavy (non-hydrogen) atoms. The van der Waals surface area contributed by atoms with Gasteiger partial charge in [-0.25, -0.2) is 9.18 Å². The molecule has 0 bridgehead atoms. The molecule has 0 heterocycles. The van der Waals surface area contributed by atoms with Gasteiger partial charge in [0.15, 0.2) is 0 Å². The van der Waals surface area contributed by atoms with Gasteiger partial charge >= 0.3 is 6.09 Å². The highest BCUT2D eigenvalue weighted by molar-refractivity contribution is 5.88. The summed E-state index contributed by atoms with van der Waals surface area (Å²) in [5.74, 6) is -0.411. The predicted molar refractivity (Wildman–Crippen MR) is 87.5 cm³/mol. The first-order valence-corrected chi connectivity index (χ1v) is 7.00. The van der Waals surface area contributed by atoms with Crippen LogP contribution in [0.1, 0.15) is 5.56 Å². The van der Waals surface area contributed by atoms with Crippen LogP contribution in [0.25, 0.3) is 11.1 Å². The summed E-state index contributed by atoms with van der Waals surface area (Å²) in [6.07, 6.45) is -1.39. The van der Waals surface area contributed by atoms with Crippen molar-refractivity contribution in [3.05, 3.63) is 57.9 Å². The van der Waals surface area contributed by atoms with Crippen LogP contribution in [0.4, 0.5) is 20.6 Å². The van der Waals surface area contributed by atoms with Gasteiger partial charge in [-0.15, -0.1) is 0 Å². The van der Waals surface area contributed by atoms with Gasteiger partial charge in [0.25, 0.3) is 5.69 Å². The van der Waals surface area contributed by atoms with Gasteiger partial charge in [-0.1, -0.05) is 12.1 Å². The van der Waals surface area contributed by atoms with E-state index in [1.54, 1.807) is 0 Å². The lowest BCUT2D eigenvalue weighted by atomic mass is 9.97. The zero-order chi connectivity index (χ0) is 17.9. The molecule has 2 N–H and O–H groups in total. The van der Waals surface area contributed by atoms with Crippen LogP contribution in [-0.4, -0.2) is 35.1 Å². The van der Waals surface area contributed by atoms with Gasteiger partial charge in [0.05, 0.1) is 4.92 Å². The van der Waals surface area contributed by atoms with Crippen LogP contribution in [0.2, 0.25) is 0 Å². The van der Waals surface area contributed by atoms with Gasteiger partial charge in [-0.2, -0.15) is 0 Å². The van der Waals surface area contributed by atoms with E-state index in [9.17, 15) is 19.3 Å². The molecule has 2 aromatic rings. The van der Waals surface area contributed by atoms with E-state index in [-0.39, 0.29) is 11.4 Å². The molecule has 0 aliphatic rings. The second-order valence-electron chi connectivity index (χ2n) is 5.46. The lowest BCUT2D eigenvalue weighted by molar-refractivity contribution is -0.383. The summed E-state index contributed by atoms with van der Waals surface area (Å²) in [4.78, 5) is 23.4. The van der Waals surface area contributed by atoms with Crippen molar-refractivity contribution in [2.45, 2.75) is 6.54 Å². The maximum atomic E-state index is 13.1. The molecule has 8 heteroatoms. The summed E-state index contributed by atoms with van der Waals surface area (Å²) >= 11 is 0. The van der Waals surface area contributed by atoms with E-state index in [2.05, 4.69) is 5.32 Å². The Bertz CT molecular complexity index is 776. The van der Waals surface area contributed by atoms with E-state index >= 15 is 0 Å². The summed E-state index contributed by atoms with van der Waals surface area (Å²) < 4.78 is 13.1. The quantitative estimate of drug-likeness (QED) is 0.644. The van der Waals surface area contributed by atoms with Crippen LogP contribution >= 0.6 is 0 Å². The summed E-state index contributed by atoms with van der Waals surface area (Å²) in [7, 11) is 3.64. The Balaban J connectivity index is 2.66. The molecule has 2 aromatic carbocycles. The number of nitrogens with zero attached hydrogens (tertiary/aromatic N) is 2. The van der Waals surface area contributed by atoms with E-state index in [1.165, 1.54) is 36.4 Å². The number of halogens is 1. The number of nitro groups is 1. The minimum atomic E-state index is -1.39. The highest BCUT2D eigenvalue weighted by Gasteiger charge is 2.21. The van der Waals surface area contributed by atoms with Crippen LogP contribution in [0.5, 0.6) is 0 Å². The summed E-state index contributed by atoms with van der Waals surface area (Å²) in [6, 6.07) is 8.33.